The van der Waals surface area contributed by atoms with Crippen molar-refractivity contribution in [3.63, 3.8) is 0 Å². The SMILES string of the molecule is COc1cc(/C(C)=N/NC(=O)C(=O)Nc2cccc(Cl)c2Cl)ccc1OC(=O)c1cccs1. The van der Waals surface area contributed by atoms with Gasteiger partial charge >= 0.3 is 17.8 Å². The van der Waals surface area contributed by atoms with Crippen molar-refractivity contribution in [3.05, 3.63) is 74.4 Å². The summed E-state index contributed by atoms with van der Waals surface area (Å²) in [6, 6.07) is 12.8. The topological polar surface area (TPSA) is 106 Å². The molecule has 0 atom stereocenters. The second-order valence-corrected chi connectivity index (χ2v) is 8.16. The number of benzene rings is 2. The number of nitrogens with zero attached hydrogens (tertiary/aromatic N) is 1. The van der Waals surface area contributed by atoms with Crippen LogP contribution in [-0.2, 0) is 9.59 Å². The van der Waals surface area contributed by atoms with Gasteiger partial charge in [0.05, 0.1) is 28.6 Å². The highest BCUT2D eigenvalue weighted by Crippen LogP contribution is 2.30. The van der Waals surface area contributed by atoms with Gasteiger partial charge in [-0.2, -0.15) is 5.10 Å². The Kier molecular flexibility index (Phi) is 8.05. The average molecular weight is 506 g/mol. The number of anilines is 1. The molecule has 3 aromatic rings. The van der Waals surface area contributed by atoms with Crippen molar-refractivity contribution in [2.24, 2.45) is 5.10 Å². The Hall–Kier alpha value is -3.40. The van der Waals surface area contributed by atoms with Gasteiger partial charge in [0, 0.05) is 5.56 Å². The van der Waals surface area contributed by atoms with E-state index < -0.39 is 17.8 Å². The third-order valence-electron chi connectivity index (χ3n) is 4.24. The second kappa shape index (κ2) is 11.0. The summed E-state index contributed by atoms with van der Waals surface area (Å²) in [6.07, 6.45) is 0. The molecule has 8 nitrogen and oxygen atoms in total. The Morgan fingerprint density at radius 2 is 1.79 bits per heavy atom. The fourth-order valence-corrected chi connectivity index (χ4v) is 3.50. The summed E-state index contributed by atoms with van der Waals surface area (Å²) in [4.78, 5) is 36.9. The molecule has 170 valence electrons. The van der Waals surface area contributed by atoms with Crippen molar-refractivity contribution in [3.8, 4) is 11.5 Å². The summed E-state index contributed by atoms with van der Waals surface area (Å²) in [5.74, 6) is -1.94. The average Bonchev–Trinajstić information content (AvgIpc) is 3.35. The molecule has 2 N–H and O–H groups in total. The van der Waals surface area contributed by atoms with Crippen molar-refractivity contribution in [1.29, 1.82) is 0 Å². The van der Waals surface area contributed by atoms with E-state index in [1.54, 1.807) is 54.8 Å². The van der Waals surface area contributed by atoms with Crippen molar-refractivity contribution < 1.29 is 23.9 Å². The highest BCUT2D eigenvalue weighted by atomic mass is 35.5. The fourth-order valence-electron chi connectivity index (χ4n) is 2.55. The summed E-state index contributed by atoms with van der Waals surface area (Å²) in [7, 11) is 1.43. The Morgan fingerprint density at radius 3 is 2.48 bits per heavy atom. The molecule has 0 saturated carbocycles. The highest BCUT2D eigenvalue weighted by molar-refractivity contribution is 7.12. The van der Waals surface area contributed by atoms with Crippen LogP contribution >= 0.6 is 34.5 Å². The second-order valence-electron chi connectivity index (χ2n) is 6.43. The summed E-state index contributed by atoms with van der Waals surface area (Å²) < 4.78 is 10.7. The van der Waals surface area contributed by atoms with Gasteiger partial charge in [0.15, 0.2) is 11.5 Å². The molecule has 1 aromatic heterocycles. The maximum Gasteiger partial charge on any atom is 0.353 e. The van der Waals surface area contributed by atoms with Crippen molar-refractivity contribution in [1.82, 2.24) is 5.43 Å². The fraction of sp³-hybridized carbons (Fsp3) is 0.0909. The Labute approximate surface area is 203 Å². The molecular formula is C22H17Cl2N3O5S. The van der Waals surface area contributed by atoms with E-state index in [0.29, 0.717) is 21.9 Å². The Morgan fingerprint density at radius 1 is 1.00 bits per heavy atom. The summed E-state index contributed by atoms with van der Waals surface area (Å²) >= 11 is 13.2. The first-order valence-corrected chi connectivity index (χ1v) is 11.0. The number of nitrogens with one attached hydrogen (secondary N) is 2. The molecule has 0 fully saturated rings. The van der Waals surface area contributed by atoms with E-state index >= 15 is 0 Å². The molecule has 3 rings (SSSR count). The molecule has 2 amide bonds. The van der Waals surface area contributed by atoms with Gasteiger partial charge in [-0.05, 0) is 48.7 Å². The Balaban J connectivity index is 1.67. The number of thiophene rings is 1. The lowest BCUT2D eigenvalue weighted by Gasteiger charge is -2.11. The molecule has 0 aliphatic carbocycles. The first kappa shape index (κ1) is 24.2. The third-order valence-corrected chi connectivity index (χ3v) is 5.91. The zero-order valence-corrected chi connectivity index (χ0v) is 19.7. The van der Waals surface area contributed by atoms with Gasteiger partial charge in [0.2, 0.25) is 0 Å². The van der Waals surface area contributed by atoms with Crippen molar-refractivity contribution in [2.75, 3.05) is 12.4 Å². The van der Waals surface area contributed by atoms with Gasteiger partial charge in [0.1, 0.15) is 4.88 Å². The largest absolute Gasteiger partial charge is 0.493 e. The molecule has 2 aromatic carbocycles. The van der Waals surface area contributed by atoms with Gasteiger partial charge in [0.25, 0.3) is 0 Å². The lowest BCUT2D eigenvalue weighted by Crippen LogP contribution is -2.33. The molecule has 0 aliphatic heterocycles. The quantitative estimate of drug-likeness (QED) is 0.165. The lowest BCUT2D eigenvalue weighted by atomic mass is 10.1. The van der Waals surface area contributed by atoms with Gasteiger partial charge in [-0.1, -0.05) is 35.3 Å². The van der Waals surface area contributed by atoms with E-state index in [9.17, 15) is 14.4 Å². The molecule has 0 unspecified atom stereocenters. The number of hydrazone groups is 1. The van der Waals surface area contributed by atoms with Gasteiger partial charge in [-0.3, -0.25) is 9.59 Å². The zero-order valence-electron chi connectivity index (χ0n) is 17.3. The molecule has 0 saturated heterocycles. The summed E-state index contributed by atoms with van der Waals surface area (Å²) in [5, 5.41) is 8.43. The van der Waals surface area contributed by atoms with Crippen LogP contribution in [0.5, 0.6) is 11.5 Å². The maximum absolute atomic E-state index is 12.2. The Bertz CT molecular complexity index is 1230. The maximum atomic E-state index is 12.2. The molecule has 0 aliphatic rings. The summed E-state index contributed by atoms with van der Waals surface area (Å²) in [6.45, 7) is 1.62. The number of esters is 1. The first-order chi connectivity index (χ1) is 15.8. The standard InChI is InChI=1S/C22H17Cl2N3O5S/c1-12(26-27-21(29)20(28)25-15-6-3-5-14(23)19(15)24)13-8-9-16(17(11-13)31-2)32-22(30)18-7-4-10-33-18/h3-11H,1-2H3,(H,25,28)(H,27,29)/b26-12+. The van der Waals surface area contributed by atoms with Gasteiger partial charge in [-0.25, -0.2) is 10.2 Å². The minimum absolute atomic E-state index is 0.118. The van der Waals surface area contributed by atoms with Crippen LogP contribution in [0.15, 0.2) is 59.0 Å². The van der Waals surface area contributed by atoms with Crippen molar-refractivity contribution >= 4 is 63.7 Å². The third kappa shape index (κ3) is 6.10. The van der Waals surface area contributed by atoms with Crippen LogP contribution in [0.25, 0.3) is 0 Å². The number of hydrogen-bond acceptors (Lipinski definition) is 7. The molecule has 33 heavy (non-hydrogen) atoms. The van der Waals surface area contributed by atoms with Gasteiger partial charge in [-0.15, -0.1) is 11.3 Å². The lowest BCUT2D eigenvalue weighted by molar-refractivity contribution is -0.136. The van der Waals surface area contributed by atoms with Crippen LogP contribution in [0.2, 0.25) is 10.0 Å². The van der Waals surface area contributed by atoms with E-state index in [0.717, 1.165) is 0 Å². The zero-order chi connectivity index (χ0) is 24.0. The van der Waals surface area contributed by atoms with Gasteiger partial charge < -0.3 is 14.8 Å². The smallest absolute Gasteiger partial charge is 0.353 e. The monoisotopic (exact) mass is 505 g/mol. The number of amides is 2. The van der Waals surface area contributed by atoms with E-state index in [1.807, 2.05) is 0 Å². The molecular weight excluding hydrogens is 489 g/mol. The van der Waals surface area contributed by atoms with E-state index in [2.05, 4.69) is 15.8 Å². The number of methoxy groups -OCH3 is 1. The van der Waals surface area contributed by atoms with Crippen LogP contribution in [0.3, 0.4) is 0 Å². The number of rotatable bonds is 6. The minimum atomic E-state index is -1.00. The minimum Gasteiger partial charge on any atom is -0.493 e. The normalized spacial score (nSPS) is 11.0. The van der Waals surface area contributed by atoms with Crippen molar-refractivity contribution in [2.45, 2.75) is 6.92 Å². The van der Waals surface area contributed by atoms with Crippen LogP contribution < -0.4 is 20.2 Å². The molecule has 0 spiro atoms. The highest BCUT2D eigenvalue weighted by Gasteiger charge is 2.17. The van der Waals surface area contributed by atoms with E-state index in [-0.39, 0.29) is 21.5 Å². The van der Waals surface area contributed by atoms with Crippen LogP contribution in [0.1, 0.15) is 22.2 Å². The number of carbonyl (C=O) groups is 3. The molecule has 0 radical (unpaired) electrons. The number of ether oxygens (including phenoxy) is 2. The predicted molar refractivity (Wildman–Crippen MR) is 128 cm³/mol. The van der Waals surface area contributed by atoms with Crippen LogP contribution in [0.4, 0.5) is 5.69 Å². The van der Waals surface area contributed by atoms with Crippen LogP contribution in [-0.4, -0.2) is 30.6 Å². The summed E-state index contributed by atoms with van der Waals surface area (Å²) in [5.41, 5.74) is 3.32. The number of carbonyl (C=O) groups excluding carboxylic acids is 3. The first-order valence-electron chi connectivity index (χ1n) is 9.34. The molecule has 0 bridgehead atoms. The number of hydrogen-bond donors (Lipinski definition) is 2. The van der Waals surface area contributed by atoms with Crippen LogP contribution in [0, 0.1) is 0 Å². The van der Waals surface area contributed by atoms with E-state index in [4.69, 9.17) is 32.7 Å². The molecule has 11 heteroatoms. The number of halogens is 2. The predicted octanol–water partition coefficient (Wildman–Crippen LogP) is 4.76. The van der Waals surface area contributed by atoms with E-state index in [1.165, 1.54) is 24.5 Å². The molecule has 1 heterocycles.